The highest BCUT2D eigenvalue weighted by atomic mass is 16.5. The van der Waals surface area contributed by atoms with Gasteiger partial charge in [0.2, 0.25) is 5.91 Å². The maximum atomic E-state index is 12.1. The maximum Gasteiger partial charge on any atom is 0.241 e. The number of ether oxygens (including phenoxy) is 3. The van der Waals surface area contributed by atoms with Crippen LogP contribution in [0.2, 0.25) is 0 Å². The zero-order valence-corrected chi connectivity index (χ0v) is 13.3. The summed E-state index contributed by atoms with van der Waals surface area (Å²) < 4.78 is 15.4. The van der Waals surface area contributed by atoms with Crippen molar-refractivity contribution in [2.75, 3.05) is 35.0 Å². The van der Waals surface area contributed by atoms with Gasteiger partial charge < -0.3 is 24.8 Å². The molecule has 1 unspecified atom stereocenters. The maximum absolute atomic E-state index is 12.1. The Hall–Kier alpha value is -1.79. The second-order valence-electron chi connectivity index (χ2n) is 4.89. The van der Waals surface area contributed by atoms with Gasteiger partial charge in [0, 0.05) is 20.7 Å². The number of hydrogen-bond acceptors (Lipinski definition) is 5. The number of amides is 1. The number of methoxy groups -OCH3 is 3. The Bertz CT molecular complexity index is 491. The molecule has 0 heterocycles. The van der Waals surface area contributed by atoms with E-state index in [4.69, 9.17) is 19.9 Å². The summed E-state index contributed by atoms with van der Waals surface area (Å²) in [5, 5.41) is 0. The van der Waals surface area contributed by atoms with Gasteiger partial charge in [0.25, 0.3) is 0 Å². The van der Waals surface area contributed by atoms with Crippen molar-refractivity contribution < 1.29 is 19.0 Å². The number of nitrogens with zero attached hydrogens (tertiary/aromatic N) is 1. The molecule has 6 heteroatoms. The van der Waals surface area contributed by atoms with Crippen LogP contribution in [0.15, 0.2) is 12.1 Å². The van der Waals surface area contributed by atoms with Crippen LogP contribution in [0.5, 0.6) is 11.5 Å². The molecule has 0 radical (unpaired) electrons. The highest BCUT2D eigenvalue weighted by Crippen LogP contribution is 2.30. The van der Waals surface area contributed by atoms with E-state index in [0.29, 0.717) is 18.0 Å². The lowest BCUT2D eigenvalue weighted by molar-refractivity contribution is -0.133. The van der Waals surface area contributed by atoms with Crippen molar-refractivity contribution in [3.05, 3.63) is 23.3 Å². The summed E-state index contributed by atoms with van der Waals surface area (Å²) in [5.41, 5.74) is 7.76. The van der Waals surface area contributed by atoms with Gasteiger partial charge in [-0.1, -0.05) is 0 Å². The van der Waals surface area contributed by atoms with E-state index in [9.17, 15) is 4.79 Å². The lowest BCUT2D eigenvalue weighted by atomic mass is 10.1. The van der Waals surface area contributed by atoms with Gasteiger partial charge in [-0.25, -0.2) is 0 Å². The van der Waals surface area contributed by atoms with Crippen molar-refractivity contribution in [1.29, 1.82) is 0 Å². The van der Waals surface area contributed by atoms with Gasteiger partial charge in [-0.2, -0.15) is 0 Å². The smallest absolute Gasteiger partial charge is 0.241 e. The van der Waals surface area contributed by atoms with Crippen molar-refractivity contribution >= 4 is 5.91 Å². The van der Waals surface area contributed by atoms with Crippen LogP contribution in [-0.2, 0) is 16.1 Å². The summed E-state index contributed by atoms with van der Waals surface area (Å²) in [6.07, 6.45) is 0. The molecule has 0 bridgehead atoms. The lowest BCUT2D eigenvalue weighted by Crippen LogP contribution is -2.44. The van der Waals surface area contributed by atoms with E-state index in [1.165, 1.54) is 7.11 Å². The van der Waals surface area contributed by atoms with Gasteiger partial charge >= 0.3 is 0 Å². The molecule has 1 aromatic carbocycles. The topological polar surface area (TPSA) is 74.0 Å². The van der Waals surface area contributed by atoms with Gasteiger partial charge in [0.1, 0.15) is 6.04 Å². The predicted octanol–water partition coefficient (Wildman–Crippen LogP) is 0.944. The average molecular weight is 296 g/mol. The lowest BCUT2D eigenvalue weighted by Gasteiger charge is -2.22. The summed E-state index contributed by atoms with van der Waals surface area (Å²) in [6, 6.07) is 3.11. The van der Waals surface area contributed by atoms with Crippen LogP contribution in [0.1, 0.15) is 11.1 Å². The van der Waals surface area contributed by atoms with Crippen molar-refractivity contribution in [3.63, 3.8) is 0 Å². The zero-order chi connectivity index (χ0) is 16.0. The molecule has 0 aliphatic rings. The third kappa shape index (κ3) is 4.34. The quantitative estimate of drug-likeness (QED) is 0.810. The number of hydrogen-bond donors (Lipinski definition) is 1. The first-order valence-electron chi connectivity index (χ1n) is 6.65. The Kier molecular flexibility index (Phi) is 6.45. The second kappa shape index (κ2) is 7.85. The Morgan fingerprint density at radius 2 is 1.81 bits per heavy atom. The summed E-state index contributed by atoms with van der Waals surface area (Å²) in [7, 11) is 6.41. The summed E-state index contributed by atoms with van der Waals surface area (Å²) in [4.78, 5) is 13.7. The van der Waals surface area contributed by atoms with Crippen LogP contribution in [0.25, 0.3) is 0 Å². The van der Waals surface area contributed by atoms with E-state index in [1.807, 2.05) is 19.1 Å². The molecule has 118 valence electrons. The Balaban J connectivity index is 2.89. The third-order valence-corrected chi connectivity index (χ3v) is 3.29. The number of rotatable bonds is 7. The molecule has 1 rings (SSSR count). The van der Waals surface area contributed by atoms with Gasteiger partial charge in [-0.05, 0) is 30.2 Å². The van der Waals surface area contributed by atoms with Crippen LogP contribution in [0, 0.1) is 6.92 Å². The standard InChI is InChI=1S/C15H24N2O4/c1-10-6-13(20-4)14(21-5)7-11(10)8-17(2)15(18)12(16)9-19-3/h6-7,12H,8-9,16H2,1-5H3. The minimum Gasteiger partial charge on any atom is -0.493 e. The molecule has 0 saturated heterocycles. The number of nitrogens with two attached hydrogens (primary N) is 1. The fraction of sp³-hybridized carbons (Fsp3) is 0.533. The monoisotopic (exact) mass is 296 g/mol. The Morgan fingerprint density at radius 3 is 2.33 bits per heavy atom. The van der Waals surface area contributed by atoms with Gasteiger partial charge in [-0.3, -0.25) is 4.79 Å². The molecule has 1 aromatic rings. The number of likely N-dealkylation sites (N-methyl/N-ethyl adjacent to an activating group) is 1. The first kappa shape index (κ1) is 17.3. The zero-order valence-electron chi connectivity index (χ0n) is 13.3. The van der Waals surface area contributed by atoms with Gasteiger partial charge in [0.05, 0.1) is 20.8 Å². The molecule has 1 atom stereocenters. The molecule has 0 saturated carbocycles. The normalized spacial score (nSPS) is 11.9. The minimum absolute atomic E-state index is 0.161. The first-order valence-corrected chi connectivity index (χ1v) is 6.65. The molecular formula is C15H24N2O4. The molecule has 0 fully saturated rings. The molecule has 0 aliphatic carbocycles. The first-order chi connectivity index (χ1) is 9.94. The molecular weight excluding hydrogens is 272 g/mol. The van der Waals surface area contributed by atoms with E-state index in [-0.39, 0.29) is 12.5 Å². The van der Waals surface area contributed by atoms with E-state index < -0.39 is 6.04 Å². The number of benzene rings is 1. The van der Waals surface area contributed by atoms with Crippen molar-refractivity contribution in [2.45, 2.75) is 19.5 Å². The summed E-state index contributed by atoms with van der Waals surface area (Å²) >= 11 is 0. The molecule has 1 amide bonds. The molecule has 21 heavy (non-hydrogen) atoms. The predicted molar refractivity (Wildman–Crippen MR) is 80.6 cm³/mol. The molecule has 0 spiro atoms. The molecule has 2 N–H and O–H groups in total. The highest BCUT2D eigenvalue weighted by Gasteiger charge is 2.19. The van der Waals surface area contributed by atoms with Crippen molar-refractivity contribution in [1.82, 2.24) is 4.90 Å². The number of carbonyl (C=O) groups excluding carboxylic acids is 1. The molecule has 0 aromatic heterocycles. The van der Waals surface area contributed by atoms with E-state index in [1.54, 1.807) is 26.2 Å². The van der Waals surface area contributed by atoms with Crippen molar-refractivity contribution in [2.24, 2.45) is 5.73 Å². The Labute approximate surface area is 125 Å². The average Bonchev–Trinajstić information content (AvgIpc) is 2.48. The van der Waals surface area contributed by atoms with Gasteiger partial charge in [0.15, 0.2) is 11.5 Å². The summed E-state index contributed by atoms with van der Waals surface area (Å²) in [5.74, 6) is 1.15. The fourth-order valence-corrected chi connectivity index (χ4v) is 2.06. The second-order valence-corrected chi connectivity index (χ2v) is 4.89. The largest absolute Gasteiger partial charge is 0.493 e. The third-order valence-electron chi connectivity index (χ3n) is 3.29. The Morgan fingerprint density at radius 1 is 1.24 bits per heavy atom. The van der Waals surface area contributed by atoms with Crippen LogP contribution >= 0.6 is 0 Å². The summed E-state index contributed by atoms with van der Waals surface area (Å²) in [6.45, 7) is 2.61. The van der Waals surface area contributed by atoms with Crippen LogP contribution in [-0.4, -0.2) is 51.8 Å². The van der Waals surface area contributed by atoms with E-state index >= 15 is 0 Å². The van der Waals surface area contributed by atoms with Gasteiger partial charge in [-0.15, -0.1) is 0 Å². The van der Waals surface area contributed by atoms with Crippen LogP contribution < -0.4 is 15.2 Å². The van der Waals surface area contributed by atoms with E-state index in [0.717, 1.165) is 11.1 Å². The van der Waals surface area contributed by atoms with Crippen LogP contribution in [0.4, 0.5) is 0 Å². The SMILES string of the molecule is COCC(N)C(=O)N(C)Cc1cc(OC)c(OC)cc1C. The fourth-order valence-electron chi connectivity index (χ4n) is 2.06. The van der Waals surface area contributed by atoms with Crippen LogP contribution in [0.3, 0.4) is 0 Å². The minimum atomic E-state index is -0.652. The molecule has 0 aliphatic heterocycles. The number of aryl methyl sites for hydroxylation is 1. The highest BCUT2D eigenvalue weighted by molar-refractivity contribution is 5.81. The van der Waals surface area contributed by atoms with E-state index in [2.05, 4.69) is 0 Å². The van der Waals surface area contributed by atoms with Crippen molar-refractivity contribution in [3.8, 4) is 11.5 Å². The number of carbonyl (C=O) groups is 1. The molecule has 6 nitrogen and oxygen atoms in total.